The molecule has 2 rings (SSSR count). The van der Waals surface area contributed by atoms with E-state index in [1.165, 1.54) is 31.4 Å². The van der Waals surface area contributed by atoms with Crippen molar-refractivity contribution in [1.82, 2.24) is 15.3 Å². The summed E-state index contributed by atoms with van der Waals surface area (Å²) in [5.41, 5.74) is 6.40. The predicted octanol–water partition coefficient (Wildman–Crippen LogP) is 2.46. The molecular weight excluding hydrogens is 355 g/mol. The van der Waals surface area contributed by atoms with Crippen LogP contribution in [0.15, 0.2) is 29.0 Å². The number of nitrogens with zero attached hydrogens (tertiary/aromatic N) is 2. The summed E-state index contributed by atoms with van der Waals surface area (Å²) in [6, 6.07) is 3.87. The Morgan fingerprint density at radius 1 is 1.50 bits per heavy atom. The van der Waals surface area contributed by atoms with Gasteiger partial charge in [0, 0.05) is 18.2 Å². The number of nitrogens with two attached hydrogens (primary N) is 1. The van der Waals surface area contributed by atoms with Crippen LogP contribution in [-0.4, -0.2) is 22.9 Å². The van der Waals surface area contributed by atoms with E-state index >= 15 is 0 Å². The molecule has 8 heteroatoms. The van der Waals surface area contributed by atoms with Crippen LogP contribution in [0.3, 0.4) is 0 Å². The zero-order valence-electron chi connectivity index (χ0n) is 11.9. The monoisotopic (exact) mass is 368 g/mol. The van der Waals surface area contributed by atoms with Crippen LogP contribution in [0.5, 0.6) is 5.88 Å². The van der Waals surface area contributed by atoms with Crippen LogP contribution in [-0.2, 0) is 0 Å². The third kappa shape index (κ3) is 3.51. The fourth-order valence-electron chi connectivity index (χ4n) is 1.89. The van der Waals surface area contributed by atoms with Gasteiger partial charge in [-0.25, -0.2) is 14.4 Å². The highest BCUT2D eigenvalue weighted by Crippen LogP contribution is 2.27. The minimum absolute atomic E-state index is 0.105. The number of hydrogen-bond acceptors (Lipinski definition) is 5. The fraction of sp³-hybridized carbons (Fsp3) is 0.214. The van der Waals surface area contributed by atoms with Gasteiger partial charge in [0.25, 0.3) is 11.8 Å². The number of carbonyl (C=O) groups is 1. The average molecular weight is 369 g/mol. The Labute approximate surface area is 135 Å². The molecule has 2 aromatic rings. The van der Waals surface area contributed by atoms with Gasteiger partial charge in [0.2, 0.25) is 0 Å². The number of rotatable bonds is 4. The van der Waals surface area contributed by atoms with E-state index in [1.54, 1.807) is 6.92 Å². The number of amides is 1. The minimum atomic E-state index is -0.645. The highest BCUT2D eigenvalue weighted by molar-refractivity contribution is 9.10. The van der Waals surface area contributed by atoms with Gasteiger partial charge < -0.3 is 15.8 Å². The Morgan fingerprint density at radius 2 is 2.23 bits per heavy atom. The number of ether oxygens (including phenoxy) is 1. The summed E-state index contributed by atoms with van der Waals surface area (Å²) in [7, 11) is 1.50. The van der Waals surface area contributed by atoms with E-state index in [1.807, 2.05) is 0 Å². The van der Waals surface area contributed by atoms with Crippen molar-refractivity contribution in [2.45, 2.75) is 13.0 Å². The van der Waals surface area contributed by atoms with E-state index in [4.69, 9.17) is 10.5 Å². The first-order valence-corrected chi connectivity index (χ1v) is 7.18. The molecule has 0 fully saturated rings. The van der Waals surface area contributed by atoms with Crippen LogP contribution < -0.4 is 15.8 Å². The van der Waals surface area contributed by atoms with Gasteiger partial charge in [-0.05, 0) is 41.1 Å². The maximum Gasteiger partial charge on any atom is 0.258 e. The predicted molar refractivity (Wildman–Crippen MR) is 83.0 cm³/mol. The lowest BCUT2D eigenvalue weighted by atomic mass is 10.0. The van der Waals surface area contributed by atoms with Crippen molar-refractivity contribution in [3.63, 3.8) is 0 Å². The molecule has 116 valence electrons. The molecule has 0 spiro atoms. The molecule has 0 aliphatic carbocycles. The summed E-state index contributed by atoms with van der Waals surface area (Å²) in [4.78, 5) is 19.8. The van der Waals surface area contributed by atoms with Gasteiger partial charge in [-0.2, -0.15) is 0 Å². The third-order valence-electron chi connectivity index (χ3n) is 2.95. The molecule has 0 aliphatic heterocycles. The number of halogens is 2. The average Bonchev–Trinajstić information content (AvgIpc) is 2.50. The highest BCUT2D eigenvalue weighted by atomic mass is 79.9. The minimum Gasteiger partial charge on any atom is -0.467 e. The molecule has 0 saturated heterocycles. The summed E-state index contributed by atoms with van der Waals surface area (Å²) >= 11 is 3.17. The standard InChI is InChI=1S/C14H14BrFN4O2/c1-7(22-14-12(17)19-6-11(15)20-14)10-5-8(16)3-4-9(10)13(21)18-2/h3-7H,1-2H3,(H2,17,19)(H,18,21)/t7-/m1/s1. The van der Waals surface area contributed by atoms with Crippen molar-refractivity contribution in [3.8, 4) is 5.88 Å². The fourth-order valence-corrected chi connectivity index (χ4v) is 2.15. The van der Waals surface area contributed by atoms with Gasteiger partial charge in [0.05, 0.1) is 6.20 Å². The van der Waals surface area contributed by atoms with Gasteiger partial charge >= 0.3 is 0 Å². The third-order valence-corrected chi connectivity index (χ3v) is 3.33. The van der Waals surface area contributed by atoms with E-state index in [0.717, 1.165) is 0 Å². The van der Waals surface area contributed by atoms with Crippen molar-refractivity contribution in [1.29, 1.82) is 0 Å². The molecule has 0 radical (unpaired) electrons. The lowest BCUT2D eigenvalue weighted by Gasteiger charge is -2.18. The van der Waals surface area contributed by atoms with Gasteiger partial charge in [-0.15, -0.1) is 0 Å². The number of aromatic nitrogens is 2. The van der Waals surface area contributed by atoms with Crippen molar-refractivity contribution in [3.05, 3.63) is 45.9 Å². The summed E-state index contributed by atoms with van der Waals surface area (Å²) < 4.78 is 19.6. The van der Waals surface area contributed by atoms with Crippen LogP contribution >= 0.6 is 15.9 Å². The quantitative estimate of drug-likeness (QED) is 0.864. The van der Waals surface area contributed by atoms with E-state index < -0.39 is 11.9 Å². The molecule has 1 aromatic carbocycles. The van der Waals surface area contributed by atoms with E-state index in [-0.39, 0.29) is 17.6 Å². The maximum absolute atomic E-state index is 13.5. The lowest BCUT2D eigenvalue weighted by Crippen LogP contribution is -2.21. The van der Waals surface area contributed by atoms with Crippen LogP contribution in [0.1, 0.15) is 28.9 Å². The molecule has 0 saturated carbocycles. The largest absolute Gasteiger partial charge is 0.467 e. The SMILES string of the molecule is CNC(=O)c1ccc(F)cc1[C@@H](C)Oc1nc(Br)cnc1N. The smallest absolute Gasteiger partial charge is 0.258 e. The maximum atomic E-state index is 13.5. The van der Waals surface area contributed by atoms with Crippen LogP contribution in [0.2, 0.25) is 0 Å². The molecule has 1 amide bonds. The number of nitrogen functional groups attached to an aromatic ring is 1. The Kier molecular flexibility index (Phi) is 4.92. The van der Waals surface area contributed by atoms with Gasteiger partial charge in [0.15, 0.2) is 5.82 Å². The normalized spacial score (nSPS) is 11.8. The first kappa shape index (κ1) is 16.2. The van der Waals surface area contributed by atoms with Crippen LogP contribution in [0.4, 0.5) is 10.2 Å². The molecule has 1 atom stereocenters. The Morgan fingerprint density at radius 3 is 2.91 bits per heavy atom. The molecule has 1 heterocycles. The molecule has 0 bridgehead atoms. The second kappa shape index (κ2) is 6.69. The first-order valence-electron chi connectivity index (χ1n) is 6.38. The summed E-state index contributed by atoms with van der Waals surface area (Å²) in [5.74, 6) is -0.591. The number of benzene rings is 1. The highest BCUT2D eigenvalue weighted by Gasteiger charge is 2.19. The lowest BCUT2D eigenvalue weighted by molar-refractivity contribution is 0.0958. The number of carbonyl (C=O) groups excluding carboxylic acids is 1. The molecule has 0 unspecified atom stereocenters. The molecule has 6 nitrogen and oxygen atoms in total. The second-order valence-electron chi connectivity index (χ2n) is 4.45. The number of nitrogens with one attached hydrogen (secondary N) is 1. The molecule has 22 heavy (non-hydrogen) atoms. The second-order valence-corrected chi connectivity index (χ2v) is 5.27. The molecule has 0 aliphatic rings. The summed E-state index contributed by atoms with van der Waals surface area (Å²) in [5, 5.41) is 2.50. The van der Waals surface area contributed by atoms with Gasteiger partial charge in [0.1, 0.15) is 16.5 Å². The molecule has 1 aromatic heterocycles. The molecular formula is C14H14BrFN4O2. The Hall–Kier alpha value is -2.22. The first-order chi connectivity index (χ1) is 10.4. The van der Waals surface area contributed by atoms with Gasteiger partial charge in [-0.1, -0.05) is 0 Å². The van der Waals surface area contributed by atoms with Crippen molar-refractivity contribution >= 4 is 27.7 Å². The van der Waals surface area contributed by atoms with E-state index in [9.17, 15) is 9.18 Å². The van der Waals surface area contributed by atoms with Crippen LogP contribution in [0.25, 0.3) is 0 Å². The summed E-state index contributed by atoms with van der Waals surface area (Å²) in [6.45, 7) is 1.67. The van der Waals surface area contributed by atoms with E-state index in [2.05, 4.69) is 31.2 Å². The zero-order valence-corrected chi connectivity index (χ0v) is 13.5. The molecule has 3 N–H and O–H groups in total. The Balaban J connectivity index is 2.36. The topological polar surface area (TPSA) is 90.1 Å². The van der Waals surface area contributed by atoms with Gasteiger partial charge in [-0.3, -0.25) is 4.79 Å². The number of hydrogen-bond donors (Lipinski definition) is 2. The van der Waals surface area contributed by atoms with Crippen molar-refractivity contribution < 1.29 is 13.9 Å². The number of anilines is 1. The zero-order chi connectivity index (χ0) is 16.3. The summed E-state index contributed by atoms with van der Waals surface area (Å²) in [6.07, 6.45) is 0.791. The Bertz CT molecular complexity index is 711. The van der Waals surface area contributed by atoms with Crippen molar-refractivity contribution in [2.75, 3.05) is 12.8 Å². The van der Waals surface area contributed by atoms with Crippen LogP contribution in [0, 0.1) is 5.82 Å². The van der Waals surface area contributed by atoms with Crippen molar-refractivity contribution in [2.24, 2.45) is 0 Å². The van der Waals surface area contributed by atoms with E-state index in [0.29, 0.717) is 15.7 Å².